The van der Waals surface area contributed by atoms with E-state index < -0.39 is 17.7 Å². The molecule has 5 aromatic rings. The zero-order valence-electron chi connectivity index (χ0n) is 21.7. The number of hydrogen-bond acceptors (Lipinski definition) is 8. The maximum Gasteiger partial charge on any atom is 0.263 e. The minimum Gasteiger partial charge on any atom is -0.494 e. The van der Waals surface area contributed by atoms with Crippen LogP contribution in [-0.4, -0.2) is 49.5 Å². The first-order valence-corrected chi connectivity index (χ1v) is 13.1. The largest absolute Gasteiger partial charge is 0.494 e. The van der Waals surface area contributed by atoms with Gasteiger partial charge in [-0.1, -0.05) is 17.7 Å². The number of nitrogens with one attached hydrogen (secondary N) is 1. The quantitative estimate of drug-likeness (QED) is 0.323. The van der Waals surface area contributed by atoms with Gasteiger partial charge in [-0.3, -0.25) is 9.36 Å². The summed E-state index contributed by atoms with van der Waals surface area (Å²) in [5.41, 5.74) is 6.61. The molecule has 3 N–H and O–H groups in total. The second-order valence-corrected chi connectivity index (χ2v) is 10.0. The van der Waals surface area contributed by atoms with E-state index in [-0.39, 0.29) is 45.5 Å². The van der Waals surface area contributed by atoms with Gasteiger partial charge in [0.05, 0.1) is 28.4 Å². The van der Waals surface area contributed by atoms with Crippen LogP contribution in [0, 0.1) is 11.6 Å². The molecule has 0 aliphatic carbocycles. The van der Waals surface area contributed by atoms with Gasteiger partial charge in [-0.2, -0.15) is 9.49 Å². The zero-order valence-corrected chi connectivity index (χ0v) is 22.4. The molecule has 40 heavy (non-hydrogen) atoms. The van der Waals surface area contributed by atoms with Gasteiger partial charge in [0, 0.05) is 11.6 Å². The molecule has 13 heteroatoms. The Labute approximate surface area is 231 Å². The molecule has 10 nitrogen and oxygen atoms in total. The molecule has 206 valence electrons. The molecule has 1 saturated heterocycles. The number of piperidine rings is 1. The lowest BCUT2D eigenvalue weighted by atomic mass is 10.0. The number of fused-ring (bicyclic) bond motifs is 2. The van der Waals surface area contributed by atoms with Gasteiger partial charge >= 0.3 is 0 Å². The van der Waals surface area contributed by atoms with Crippen molar-refractivity contribution in [2.75, 3.05) is 25.9 Å². The van der Waals surface area contributed by atoms with Crippen molar-refractivity contribution >= 4 is 39.4 Å². The minimum absolute atomic E-state index is 0.0445. The molecule has 2 aromatic carbocycles. The SMILES string of the molecule is COc1ccc(-c2nn(C(C)c3nc4cccc(Cl)c4c(=O)n3C3CCNCC3)c3ncnc(N)c23)c(F)c1F. The third kappa shape index (κ3) is 4.06. The van der Waals surface area contributed by atoms with Crippen molar-refractivity contribution in [2.45, 2.75) is 31.8 Å². The van der Waals surface area contributed by atoms with E-state index in [0.29, 0.717) is 34.6 Å². The smallest absolute Gasteiger partial charge is 0.263 e. The van der Waals surface area contributed by atoms with E-state index in [1.54, 1.807) is 22.8 Å². The summed E-state index contributed by atoms with van der Waals surface area (Å²) >= 11 is 6.45. The molecule has 0 saturated carbocycles. The summed E-state index contributed by atoms with van der Waals surface area (Å²) in [7, 11) is 1.25. The van der Waals surface area contributed by atoms with E-state index in [0.717, 1.165) is 13.1 Å². The fourth-order valence-corrected chi connectivity index (χ4v) is 5.62. The molecule has 0 bridgehead atoms. The number of hydrogen-bond donors (Lipinski definition) is 2. The van der Waals surface area contributed by atoms with Gasteiger partial charge < -0.3 is 15.8 Å². The maximum atomic E-state index is 15.2. The second kappa shape index (κ2) is 10.1. The predicted octanol–water partition coefficient (Wildman–Crippen LogP) is 4.26. The zero-order chi connectivity index (χ0) is 28.1. The van der Waals surface area contributed by atoms with E-state index in [4.69, 9.17) is 27.1 Å². The van der Waals surface area contributed by atoms with E-state index in [1.807, 2.05) is 6.92 Å². The van der Waals surface area contributed by atoms with E-state index in [9.17, 15) is 9.18 Å². The highest BCUT2D eigenvalue weighted by molar-refractivity contribution is 6.35. The Bertz CT molecular complexity index is 1830. The third-order valence-electron chi connectivity index (χ3n) is 7.36. The van der Waals surface area contributed by atoms with Crippen LogP contribution in [0.5, 0.6) is 5.75 Å². The summed E-state index contributed by atoms with van der Waals surface area (Å²) in [5, 5.41) is 8.89. The van der Waals surface area contributed by atoms with Crippen LogP contribution in [0.4, 0.5) is 14.6 Å². The predicted molar refractivity (Wildman–Crippen MR) is 148 cm³/mol. The number of ether oxygens (including phenoxy) is 1. The summed E-state index contributed by atoms with van der Waals surface area (Å²) in [6, 6.07) is 7.01. The Kier molecular flexibility index (Phi) is 6.59. The topological polar surface area (TPSA) is 126 Å². The van der Waals surface area contributed by atoms with E-state index in [2.05, 4.69) is 20.4 Å². The molecular formula is C27H25ClF2N8O2. The molecule has 4 heterocycles. The molecule has 0 radical (unpaired) electrons. The van der Waals surface area contributed by atoms with Crippen LogP contribution in [0.25, 0.3) is 33.2 Å². The summed E-state index contributed by atoms with van der Waals surface area (Å²) < 4.78 is 38.0. The Balaban J connectivity index is 1.61. The average molecular weight is 567 g/mol. The molecule has 6 rings (SSSR count). The summed E-state index contributed by atoms with van der Waals surface area (Å²) in [5.74, 6) is -2.07. The van der Waals surface area contributed by atoms with Crippen molar-refractivity contribution in [2.24, 2.45) is 0 Å². The lowest BCUT2D eigenvalue weighted by Gasteiger charge is -2.29. The van der Waals surface area contributed by atoms with Gasteiger partial charge in [-0.25, -0.2) is 24.0 Å². The summed E-state index contributed by atoms with van der Waals surface area (Å²) in [6.07, 6.45) is 2.70. The molecule has 0 amide bonds. The van der Waals surface area contributed by atoms with Crippen LogP contribution in [0.1, 0.15) is 37.7 Å². The highest BCUT2D eigenvalue weighted by Crippen LogP contribution is 2.37. The first-order valence-electron chi connectivity index (χ1n) is 12.7. The number of aromatic nitrogens is 6. The van der Waals surface area contributed by atoms with Crippen molar-refractivity contribution in [3.05, 3.63) is 69.5 Å². The van der Waals surface area contributed by atoms with Gasteiger partial charge in [0.1, 0.15) is 29.7 Å². The molecular weight excluding hydrogens is 542 g/mol. The molecule has 3 aromatic heterocycles. The molecule has 1 aliphatic rings. The number of rotatable bonds is 5. The van der Waals surface area contributed by atoms with Gasteiger partial charge in [-0.15, -0.1) is 0 Å². The third-order valence-corrected chi connectivity index (χ3v) is 7.68. The first-order chi connectivity index (χ1) is 19.3. The standard InChI is InChI=1S/C27H25ClF2N8O2/c1-13(25-35-17-5-3-4-16(28)19(17)27(39)37(25)14-8-10-32-11-9-14)38-26-20(24(31)33-12-34-26)23(36-38)15-6-7-18(40-2)22(30)21(15)29/h3-7,12-14,32H,8-11H2,1-2H3,(H2,31,33,34). The monoisotopic (exact) mass is 566 g/mol. The van der Waals surface area contributed by atoms with Gasteiger partial charge in [-0.05, 0) is 57.1 Å². The number of benzene rings is 2. The van der Waals surface area contributed by atoms with Crippen LogP contribution < -0.4 is 21.3 Å². The second-order valence-electron chi connectivity index (χ2n) is 9.63. The van der Waals surface area contributed by atoms with Gasteiger partial charge in [0.15, 0.2) is 17.2 Å². The van der Waals surface area contributed by atoms with E-state index >= 15 is 4.39 Å². The van der Waals surface area contributed by atoms with Crippen molar-refractivity contribution in [1.29, 1.82) is 0 Å². The fraction of sp³-hybridized carbons (Fsp3) is 0.296. The molecule has 1 atom stereocenters. The number of halogens is 3. The Morgan fingerprint density at radius 2 is 1.90 bits per heavy atom. The number of nitrogens with two attached hydrogens (primary N) is 1. The summed E-state index contributed by atoms with van der Waals surface area (Å²) in [6.45, 7) is 3.30. The van der Waals surface area contributed by atoms with Crippen LogP contribution in [0.15, 0.2) is 41.5 Å². The first kappa shape index (κ1) is 26.1. The minimum atomic E-state index is -1.15. The Morgan fingerprint density at radius 3 is 2.65 bits per heavy atom. The lowest BCUT2D eigenvalue weighted by Crippen LogP contribution is -2.37. The van der Waals surface area contributed by atoms with Crippen LogP contribution in [-0.2, 0) is 0 Å². The fourth-order valence-electron chi connectivity index (χ4n) is 5.37. The average Bonchev–Trinajstić information content (AvgIpc) is 3.35. The van der Waals surface area contributed by atoms with Crippen LogP contribution in [0.2, 0.25) is 5.02 Å². The van der Waals surface area contributed by atoms with E-state index in [1.165, 1.54) is 30.3 Å². The number of methoxy groups -OCH3 is 1. The molecule has 1 fully saturated rings. The highest BCUT2D eigenvalue weighted by atomic mass is 35.5. The Hall–Kier alpha value is -4.16. The molecule has 1 aliphatic heterocycles. The number of anilines is 1. The maximum absolute atomic E-state index is 15.2. The Morgan fingerprint density at radius 1 is 1.12 bits per heavy atom. The molecule has 1 unspecified atom stereocenters. The highest BCUT2D eigenvalue weighted by Gasteiger charge is 2.29. The normalized spacial score (nSPS) is 15.1. The van der Waals surface area contributed by atoms with Crippen molar-refractivity contribution in [3.63, 3.8) is 0 Å². The van der Waals surface area contributed by atoms with Crippen LogP contribution in [0.3, 0.4) is 0 Å². The van der Waals surface area contributed by atoms with Gasteiger partial charge in [0.25, 0.3) is 5.56 Å². The van der Waals surface area contributed by atoms with Crippen molar-refractivity contribution < 1.29 is 13.5 Å². The lowest BCUT2D eigenvalue weighted by molar-refractivity contribution is 0.339. The van der Waals surface area contributed by atoms with Crippen molar-refractivity contribution in [1.82, 2.24) is 34.6 Å². The number of nitrogen functional groups attached to an aromatic ring is 1. The van der Waals surface area contributed by atoms with Crippen molar-refractivity contribution in [3.8, 4) is 17.0 Å². The summed E-state index contributed by atoms with van der Waals surface area (Å²) in [4.78, 5) is 27.3. The van der Waals surface area contributed by atoms with Crippen LogP contribution >= 0.6 is 11.6 Å². The molecule has 0 spiro atoms. The van der Waals surface area contributed by atoms with Gasteiger partial charge in [0.2, 0.25) is 5.82 Å². The number of nitrogens with zero attached hydrogens (tertiary/aromatic N) is 6.